The van der Waals surface area contributed by atoms with Gasteiger partial charge in [0.25, 0.3) is 0 Å². The van der Waals surface area contributed by atoms with Gasteiger partial charge in [0, 0.05) is 34.1 Å². The van der Waals surface area contributed by atoms with E-state index in [-0.39, 0.29) is 0 Å². The Morgan fingerprint density at radius 3 is 1.08 bits per heavy atom. The first-order valence-corrected chi connectivity index (χ1v) is 21.9. The van der Waals surface area contributed by atoms with E-state index in [1.54, 1.807) is 0 Å². The number of allylic oxidation sites excluding steroid dienone is 2. The first-order chi connectivity index (χ1) is 30.7. The minimum atomic E-state index is 1.10. The van der Waals surface area contributed by atoms with Crippen LogP contribution in [0.25, 0.3) is 73.5 Å². The van der Waals surface area contributed by atoms with E-state index in [1.165, 1.54) is 83.8 Å². The number of rotatable bonds is 9. The second-order valence-corrected chi connectivity index (χ2v) is 16.4. The highest BCUT2D eigenvalue weighted by Gasteiger charge is 2.23. The maximum atomic E-state index is 2.49. The van der Waals surface area contributed by atoms with Crippen molar-refractivity contribution in [2.24, 2.45) is 0 Å². The first-order valence-electron chi connectivity index (χ1n) is 21.9. The Morgan fingerprint density at radius 1 is 0.306 bits per heavy atom. The van der Waals surface area contributed by atoms with Crippen molar-refractivity contribution in [2.45, 2.75) is 25.7 Å². The highest BCUT2D eigenvalue weighted by molar-refractivity contribution is 5.83. The third-order valence-corrected chi connectivity index (χ3v) is 12.6. The zero-order chi connectivity index (χ0) is 41.2. The van der Waals surface area contributed by atoms with E-state index in [4.69, 9.17) is 0 Å². The molecule has 1 aromatic heterocycles. The zero-order valence-electron chi connectivity index (χ0n) is 34.7. The minimum absolute atomic E-state index is 1.10. The Balaban J connectivity index is 0.893. The van der Waals surface area contributed by atoms with Gasteiger partial charge in [0.05, 0.1) is 0 Å². The molecule has 0 radical (unpaired) electrons. The standard InChI is InChI=1S/C60H46N2/c1-3-14-43(15-4-1)45-28-34-53(35-29-45)61(54-36-30-46(31-37-54)44-16-5-2-6-17-44)55-38-32-47(33-39-55)48-18-11-19-49(40-48)50-20-12-21-51(41-50)52-22-13-23-56(42-52)62-59-26-9-7-24-57(59)58-25-8-10-27-60(58)62/h1-6,9-23,26-42H,7-8,24-25H2. The summed E-state index contributed by atoms with van der Waals surface area (Å²) in [7, 11) is 0. The third-order valence-electron chi connectivity index (χ3n) is 12.6. The van der Waals surface area contributed by atoms with Crippen LogP contribution in [0.3, 0.4) is 0 Å². The van der Waals surface area contributed by atoms with Gasteiger partial charge < -0.3 is 9.47 Å². The van der Waals surface area contributed by atoms with Crippen molar-refractivity contribution < 1.29 is 0 Å². The molecule has 0 N–H and O–H groups in total. The van der Waals surface area contributed by atoms with Gasteiger partial charge in [0.15, 0.2) is 0 Å². The number of anilines is 3. The van der Waals surface area contributed by atoms with Crippen molar-refractivity contribution in [3.05, 3.63) is 241 Å². The molecule has 9 aromatic rings. The van der Waals surface area contributed by atoms with Gasteiger partial charge >= 0.3 is 0 Å². The molecular formula is C60H46N2. The summed E-state index contributed by atoms with van der Waals surface area (Å²) in [6, 6.07) is 75.0. The SMILES string of the molecule is C1=Cc2c(c3c(n2-c2cccc(-c4cccc(-c5cccc(-c6ccc(N(c7ccc(-c8ccccc8)cc7)c7ccc(-c8ccccc8)cc7)cc6)c5)c4)c2)C=CCC3)CC1. The van der Waals surface area contributed by atoms with E-state index in [0.29, 0.717) is 0 Å². The molecule has 0 atom stereocenters. The van der Waals surface area contributed by atoms with Crippen LogP contribution in [-0.2, 0) is 12.8 Å². The Bertz CT molecular complexity index is 2950. The Hall–Kier alpha value is -7.68. The van der Waals surface area contributed by atoms with Crippen LogP contribution in [0, 0.1) is 0 Å². The van der Waals surface area contributed by atoms with Crippen molar-refractivity contribution >= 4 is 29.2 Å². The van der Waals surface area contributed by atoms with Crippen LogP contribution in [0.5, 0.6) is 0 Å². The van der Waals surface area contributed by atoms with Crippen LogP contribution >= 0.6 is 0 Å². The lowest BCUT2D eigenvalue weighted by molar-refractivity contribution is 0.922. The number of hydrogen-bond donors (Lipinski definition) is 0. The van der Waals surface area contributed by atoms with Crippen molar-refractivity contribution in [3.8, 4) is 61.3 Å². The summed E-state index contributed by atoms with van der Waals surface area (Å²) in [6.45, 7) is 0. The fraction of sp³-hybridized carbons (Fsp3) is 0.0667. The maximum absolute atomic E-state index is 2.49. The zero-order valence-corrected chi connectivity index (χ0v) is 34.7. The molecule has 2 nitrogen and oxygen atoms in total. The van der Waals surface area contributed by atoms with Crippen LogP contribution in [0.4, 0.5) is 17.1 Å². The molecule has 0 spiro atoms. The summed E-state index contributed by atoms with van der Waals surface area (Å²) < 4.78 is 2.49. The van der Waals surface area contributed by atoms with Crippen molar-refractivity contribution in [3.63, 3.8) is 0 Å². The van der Waals surface area contributed by atoms with E-state index in [2.05, 4.69) is 240 Å². The van der Waals surface area contributed by atoms with Gasteiger partial charge in [-0.1, -0.05) is 158 Å². The summed E-state index contributed by atoms with van der Waals surface area (Å²) in [6.07, 6.45) is 13.8. The predicted molar refractivity (Wildman–Crippen MR) is 262 cm³/mol. The minimum Gasteiger partial charge on any atom is -0.311 e. The van der Waals surface area contributed by atoms with E-state index < -0.39 is 0 Å². The van der Waals surface area contributed by atoms with Gasteiger partial charge in [0.1, 0.15) is 0 Å². The molecule has 0 saturated heterocycles. The monoisotopic (exact) mass is 794 g/mol. The molecule has 0 fully saturated rings. The van der Waals surface area contributed by atoms with Gasteiger partial charge in [-0.25, -0.2) is 0 Å². The molecule has 0 aliphatic heterocycles. The predicted octanol–water partition coefficient (Wildman–Crippen LogP) is 16.2. The first kappa shape index (κ1) is 37.3. The van der Waals surface area contributed by atoms with Gasteiger partial charge in [-0.3, -0.25) is 0 Å². The Morgan fingerprint density at radius 2 is 0.645 bits per heavy atom. The van der Waals surface area contributed by atoms with Gasteiger partial charge in [-0.15, -0.1) is 0 Å². The molecule has 0 unspecified atom stereocenters. The average molecular weight is 795 g/mol. The molecular weight excluding hydrogens is 749 g/mol. The lowest BCUT2D eigenvalue weighted by Crippen LogP contribution is -2.09. The number of benzene rings is 8. The lowest BCUT2D eigenvalue weighted by Gasteiger charge is -2.26. The Kier molecular flexibility index (Phi) is 9.88. The lowest BCUT2D eigenvalue weighted by atomic mass is 9.94. The van der Waals surface area contributed by atoms with Crippen LogP contribution in [0.1, 0.15) is 35.4 Å². The van der Waals surface area contributed by atoms with Crippen molar-refractivity contribution in [1.82, 2.24) is 4.57 Å². The number of hydrogen-bond acceptors (Lipinski definition) is 1. The molecule has 0 saturated carbocycles. The van der Waals surface area contributed by atoms with Crippen LogP contribution in [0.2, 0.25) is 0 Å². The summed E-state index contributed by atoms with van der Waals surface area (Å²) in [4.78, 5) is 2.34. The summed E-state index contributed by atoms with van der Waals surface area (Å²) in [5, 5.41) is 0. The topological polar surface area (TPSA) is 8.17 Å². The third kappa shape index (κ3) is 7.20. The second kappa shape index (κ2) is 16.4. The van der Waals surface area contributed by atoms with Gasteiger partial charge in [-0.2, -0.15) is 0 Å². The molecule has 0 bridgehead atoms. The van der Waals surface area contributed by atoms with Gasteiger partial charge in [-0.05, 0) is 165 Å². The average Bonchev–Trinajstić information content (AvgIpc) is 3.70. The molecule has 62 heavy (non-hydrogen) atoms. The van der Waals surface area contributed by atoms with Crippen LogP contribution in [-0.4, -0.2) is 4.57 Å². The summed E-state index contributed by atoms with van der Waals surface area (Å²) >= 11 is 0. The normalized spacial score (nSPS) is 12.8. The highest BCUT2D eigenvalue weighted by atomic mass is 15.1. The Labute approximate surface area is 365 Å². The van der Waals surface area contributed by atoms with E-state index in [1.807, 2.05) is 0 Å². The molecule has 2 aliphatic carbocycles. The molecule has 1 heterocycles. The number of nitrogens with zero attached hydrogens (tertiary/aromatic N) is 2. The summed E-state index contributed by atoms with van der Waals surface area (Å²) in [5.41, 5.74) is 22.4. The fourth-order valence-corrected chi connectivity index (χ4v) is 9.44. The quantitative estimate of drug-likeness (QED) is 0.141. The molecule has 0 amide bonds. The molecule has 11 rings (SSSR count). The van der Waals surface area contributed by atoms with E-state index in [0.717, 1.165) is 42.7 Å². The van der Waals surface area contributed by atoms with Gasteiger partial charge in [0.2, 0.25) is 0 Å². The molecule has 2 aliphatic rings. The van der Waals surface area contributed by atoms with Crippen LogP contribution in [0.15, 0.2) is 218 Å². The smallest absolute Gasteiger partial charge is 0.0494 e. The second-order valence-electron chi connectivity index (χ2n) is 16.4. The highest BCUT2D eigenvalue weighted by Crippen LogP contribution is 2.40. The molecule has 2 heteroatoms. The summed E-state index contributed by atoms with van der Waals surface area (Å²) in [5.74, 6) is 0. The van der Waals surface area contributed by atoms with E-state index in [9.17, 15) is 0 Å². The van der Waals surface area contributed by atoms with Crippen molar-refractivity contribution in [1.29, 1.82) is 0 Å². The maximum Gasteiger partial charge on any atom is 0.0494 e. The largest absolute Gasteiger partial charge is 0.311 e. The van der Waals surface area contributed by atoms with Crippen LogP contribution < -0.4 is 4.90 Å². The number of fused-ring (bicyclic) bond motifs is 3. The molecule has 296 valence electrons. The molecule has 8 aromatic carbocycles. The van der Waals surface area contributed by atoms with E-state index >= 15 is 0 Å². The van der Waals surface area contributed by atoms with Crippen molar-refractivity contribution in [2.75, 3.05) is 4.90 Å². The fourth-order valence-electron chi connectivity index (χ4n) is 9.44. The number of aromatic nitrogens is 1.